The van der Waals surface area contributed by atoms with Gasteiger partial charge in [0.15, 0.2) is 17.2 Å². The fourth-order valence-electron chi connectivity index (χ4n) is 6.61. The molecule has 0 bridgehead atoms. The maximum Gasteiger partial charge on any atom is 0.159 e. The first-order valence-corrected chi connectivity index (χ1v) is 14.5. The molecule has 0 unspecified atom stereocenters. The second-order valence-electron chi connectivity index (χ2n) is 11.2. The van der Waals surface area contributed by atoms with Gasteiger partial charge in [-0.05, 0) is 64.4 Å². The van der Waals surface area contributed by atoms with E-state index < -0.39 is 0 Å². The second kappa shape index (κ2) is 8.72. The van der Waals surface area contributed by atoms with Crippen LogP contribution in [0.2, 0.25) is 0 Å². The lowest BCUT2D eigenvalue weighted by atomic mass is 10.0. The molecule has 7 heteroatoms. The number of aromatic nitrogens is 6. The average molecular weight is 565 g/mol. The molecule has 0 N–H and O–H groups in total. The zero-order valence-electron chi connectivity index (χ0n) is 23.2. The van der Waals surface area contributed by atoms with Crippen molar-refractivity contribution in [1.29, 1.82) is 0 Å². The van der Waals surface area contributed by atoms with Crippen LogP contribution in [0.4, 0.5) is 0 Å². The highest BCUT2D eigenvalue weighted by Crippen LogP contribution is 2.39. The molecule has 0 aliphatic heterocycles. The maximum absolute atomic E-state index is 6.00. The van der Waals surface area contributed by atoms with Crippen LogP contribution in [0.15, 0.2) is 114 Å². The standard InChI is InChI=1S/C37H20N6O/c1-2-7-25-24(6-1)28-18-40-36(22-10-9-20-15-21-5-3-13-38-32(21)26(20)16-22)42-34(28)35-29(25)19-41-37(43-35)23-11-12-30-27(17-23)33-31(44-30)8-4-14-39-33/h1-14,16-19H,15H2. The Kier molecular flexibility index (Phi) is 4.65. The highest BCUT2D eigenvalue weighted by atomic mass is 16.3. The van der Waals surface area contributed by atoms with Crippen LogP contribution in [0, 0.1) is 0 Å². The van der Waals surface area contributed by atoms with Crippen molar-refractivity contribution in [3.63, 3.8) is 0 Å². The van der Waals surface area contributed by atoms with Crippen molar-refractivity contribution >= 4 is 54.6 Å². The van der Waals surface area contributed by atoms with Gasteiger partial charge in [-0.3, -0.25) is 9.97 Å². The number of fused-ring (bicyclic) bond motifs is 12. The fourth-order valence-corrected chi connectivity index (χ4v) is 6.61. The molecule has 0 amide bonds. The monoisotopic (exact) mass is 564 g/mol. The summed E-state index contributed by atoms with van der Waals surface area (Å²) in [5.74, 6) is 1.26. The van der Waals surface area contributed by atoms with Crippen LogP contribution in [0.25, 0.3) is 88.7 Å². The summed E-state index contributed by atoms with van der Waals surface area (Å²) in [5.41, 5.74) is 10.5. The first kappa shape index (κ1) is 23.5. The van der Waals surface area contributed by atoms with Crippen LogP contribution in [0.1, 0.15) is 11.1 Å². The third-order valence-electron chi connectivity index (χ3n) is 8.69. The number of hydrogen-bond acceptors (Lipinski definition) is 7. The summed E-state index contributed by atoms with van der Waals surface area (Å²) in [6, 6.07) is 28.7. The summed E-state index contributed by atoms with van der Waals surface area (Å²) in [7, 11) is 0. The normalized spacial score (nSPS) is 12.5. The predicted molar refractivity (Wildman–Crippen MR) is 172 cm³/mol. The molecule has 5 aromatic heterocycles. The molecule has 1 aliphatic carbocycles. The predicted octanol–water partition coefficient (Wildman–Crippen LogP) is 8.32. The number of rotatable bonds is 2. The van der Waals surface area contributed by atoms with E-state index in [1.807, 2.05) is 61.1 Å². The molecule has 1 aliphatic rings. The molecule has 0 radical (unpaired) electrons. The minimum Gasteiger partial charge on any atom is -0.454 e. The van der Waals surface area contributed by atoms with E-state index in [4.69, 9.17) is 24.4 Å². The Morgan fingerprint density at radius 1 is 0.500 bits per heavy atom. The molecule has 0 saturated carbocycles. The fraction of sp³-hybridized carbons (Fsp3) is 0.0270. The summed E-state index contributed by atoms with van der Waals surface area (Å²) < 4.78 is 6.00. The highest BCUT2D eigenvalue weighted by Gasteiger charge is 2.21. The van der Waals surface area contributed by atoms with Crippen LogP contribution in [-0.4, -0.2) is 29.9 Å². The van der Waals surface area contributed by atoms with E-state index in [0.717, 1.165) is 83.5 Å². The van der Waals surface area contributed by atoms with E-state index in [1.165, 1.54) is 11.1 Å². The Morgan fingerprint density at radius 3 is 2.00 bits per heavy atom. The molecule has 0 fully saturated rings. The summed E-state index contributed by atoms with van der Waals surface area (Å²) >= 11 is 0. The van der Waals surface area contributed by atoms with E-state index in [1.54, 1.807) is 6.20 Å². The van der Waals surface area contributed by atoms with Crippen LogP contribution in [-0.2, 0) is 6.42 Å². The molecule has 0 atom stereocenters. The van der Waals surface area contributed by atoms with Crippen molar-refractivity contribution in [3.05, 3.63) is 121 Å². The van der Waals surface area contributed by atoms with Crippen LogP contribution in [0.5, 0.6) is 0 Å². The molecule has 0 spiro atoms. The molecule has 204 valence electrons. The number of furan rings is 1. The molecule has 5 heterocycles. The van der Waals surface area contributed by atoms with E-state index in [-0.39, 0.29) is 0 Å². The van der Waals surface area contributed by atoms with Crippen molar-refractivity contribution in [2.75, 3.05) is 0 Å². The summed E-state index contributed by atoms with van der Waals surface area (Å²) in [5, 5.41) is 4.98. The Bertz CT molecular complexity index is 2660. The lowest BCUT2D eigenvalue weighted by molar-refractivity contribution is 0.668. The van der Waals surface area contributed by atoms with Crippen molar-refractivity contribution in [3.8, 4) is 34.0 Å². The van der Waals surface area contributed by atoms with E-state index in [0.29, 0.717) is 11.6 Å². The van der Waals surface area contributed by atoms with Gasteiger partial charge in [-0.1, -0.05) is 42.5 Å². The van der Waals surface area contributed by atoms with E-state index in [9.17, 15) is 0 Å². The van der Waals surface area contributed by atoms with Crippen LogP contribution >= 0.6 is 0 Å². The zero-order valence-corrected chi connectivity index (χ0v) is 23.2. The van der Waals surface area contributed by atoms with Gasteiger partial charge in [0.2, 0.25) is 0 Å². The molecule has 4 aromatic carbocycles. The van der Waals surface area contributed by atoms with Gasteiger partial charge in [0.05, 0.1) is 5.69 Å². The van der Waals surface area contributed by atoms with Gasteiger partial charge in [0.25, 0.3) is 0 Å². The van der Waals surface area contributed by atoms with E-state index >= 15 is 0 Å². The molecular weight excluding hydrogens is 544 g/mol. The Balaban J connectivity index is 1.20. The van der Waals surface area contributed by atoms with Gasteiger partial charge < -0.3 is 4.42 Å². The van der Waals surface area contributed by atoms with Crippen molar-refractivity contribution in [1.82, 2.24) is 29.9 Å². The van der Waals surface area contributed by atoms with Gasteiger partial charge in [-0.2, -0.15) is 0 Å². The number of benzene rings is 4. The maximum atomic E-state index is 6.00. The molecular formula is C37H20N6O. The largest absolute Gasteiger partial charge is 0.454 e. The first-order valence-electron chi connectivity index (χ1n) is 14.5. The summed E-state index contributed by atoms with van der Waals surface area (Å²) in [6.45, 7) is 0. The van der Waals surface area contributed by atoms with Gasteiger partial charge in [0, 0.05) is 64.1 Å². The van der Waals surface area contributed by atoms with Gasteiger partial charge in [-0.15, -0.1) is 0 Å². The zero-order chi connectivity index (χ0) is 28.8. The quantitative estimate of drug-likeness (QED) is 0.195. The summed E-state index contributed by atoms with van der Waals surface area (Å²) in [6.07, 6.45) is 8.36. The van der Waals surface area contributed by atoms with Gasteiger partial charge in [0.1, 0.15) is 22.1 Å². The third kappa shape index (κ3) is 3.32. The Labute approximate surface area is 249 Å². The highest BCUT2D eigenvalue weighted by molar-refractivity contribution is 6.23. The van der Waals surface area contributed by atoms with Crippen molar-refractivity contribution in [2.24, 2.45) is 0 Å². The molecule has 7 nitrogen and oxygen atoms in total. The number of hydrogen-bond donors (Lipinski definition) is 0. The average Bonchev–Trinajstić information content (AvgIpc) is 3.65. The van der Waals surface area contributed by atoms with E-state index in [2.05, 4.69) is 52.4 Å². The first-order chi connectivity index (χ1) is 21.8. The third-order valence-corrected chi connectivity index (χ3v) is 8.69. The molecule has 9 aromatic rings. The minimum atomic E-state index is 0.613. The topological polar surface area (TPSA) is 90.5 Å². The Morgan fingerprint density at radius 2 is 1.20 bits per heavy atom. The van der Waals surface area contributed by atoms with Crippen molar-refractivity contribution < 1.29 is 4.42 Å². The lowest BCUT2D eigenvalue weighted by Crippen LogP contribution is -1.97. The molecule has 0 saturated heterocycles. The smallest absolute Gasteiger partial charge is 0.159 e. The molecule has 10 rings (SSSR count). The Hall–Kier alpha value is -6.08. The summed E-state index contributed by atoms with van der Waals surface area (Å²) in [4.78, 5) is 29.2. The second-order valence-corrected chi connectivity index (χ2v) is 11.2. The van der Waals surface area contributed by atoms with Crippen molar-refractivity contribution in [2.45, 2.75) is 6.42 Å². The molecule has 44 heavy (non-hydrogen) atoms. The van der Waals surface area contributed by atoms with Crippen LogP contribution in [0.3, 0.4) is 0 Å². The number of nitrogens with zero attached hydrogens (tertiary/aromatic N) is 6. The van der Waals surface area contributed by atoms with Gasteiger partial charge in [-0.25, -0.2) is 19.9 Å². The van der Waals surface area contributed by atoms with Gasteiger partial charge >= 0.3 is 0 Å². The van der Waals surface area contributed by atoms with Crippen LogP contribution < -0.4 is 0 Å². The SMILES string of the molecule is c1cnc2c(c1)Cc1ccc(-c3ncc4c5ccccc5c5cnc(-c6ccc7oc8cccnc8c7c6)nc5c4n3)cc1-2. The number of pyridine rings is 2. The minimum absolute atomic E-state index is 0.613. The lowest BCUT2D eigenvalue weighted by Gasteiger charge is -2.11.